The molecule has 1 heterocycles. The molecule has 44 heavy (non-hydrogen) atoms. The Labute approximate surface area is 277 Å². The third kappa shape index (κ3) is 9.44. The van der Waals surface area contributed by atoms with Gasteiger partial charge in [-0.05, 0) is 57.0 Å². The lowest BCUT2D eigenvalue weighted by atomic mass is 9.73. The van der Waals surface area contributed by atoms with Crippen molar-refractivity contribution < 1.29 is 9.05 Å². The summed E-state index contributed by atoms with van der Waals surface area (Å²) in [7, 11) is -1.23. The van der Waals surface area contributed by atoms with Gasteiger partial charge in [-0.15, -0.1) is 0 Å². The molecule has 1 aliphatic heterocycles. The minimum Gasteiger partial charge on any atom is -0.430 e. The quantitative estimate of drug-likeness (QED) is 0.190. The van der Waals surface area contributed by atoms with Crippen LogP contribution in [0.4, 0.5) is 0 Å². The molecule has 0 atom stereocenters. The van der Waals surface area contributed by atoms with Gasteiger partial charge in [-0.25, -0.2) is 0 Å². The predicted octanol–water partition coefficient (Wildman–Crippen LogP) is 13.9. The Morgan fingerprint density at radius 2 is 1.00 bits per heavy atom. The maximum absolute atomic E-state index is 7.21. The molecule has 0 aromatic heterocycles. The highest BCUT2D eigenvalue weighted by Crippen LogP contribution is 2.61. The van der Waals surface area contributed by atoms with Gasteiger partial charge in [0.25, 0.3) is 0 Å². The summed E-state index contributed by atoms with van der Waals surface area (Å²) in [5.41, 5.74) is 8.07. The highest BCUT2D eigenvalue weighted by molar-refractivity contribution is 8.53. The van der Waals surface area contributed by atoms with Crippen molar-refractivity contribution in [3.05, 3.63) is 57.6 Å². The van der Waals surface area contributed by atoms with Crippen LogP contribution in [0.15, 0.2) is 24.3 Å². The molecule has 4 heteroatoms. The van der Waals surface area contributed by atoms with Crippen molar-refractivity contribution in [2.24, 2.45) is 0 Å². The van der Waals surface area contributed by atoms with Gasteiger partial charge in [0, 0.05) is 33.9 Å². The van der Waals surface area contributed by atoms with Crippen LogP contribution in [-0.4, -0.2) is 5.75 Å². The molecule has 0 unspecified atom stereocenters. The number of rotatable bonds is 10. The maximum Gasteiger partial charge on any atom is 0.360 e. The van der Waals surface area contributed by atoms with E-state index in [1.165, 1.54) is 71.9 Å². The second-order valence-corrected chi connectivity index (χ2v) is 20.4. The second kappa shape index (κ2) is 14.7. The molecule has 0 amide bonds. The highest BCUT2D eigenvalue weighted by atomic mass is 32.7. The normalized spacial score (nSPS) is 17.7. The molecule has 2 aromatic rings. The first-order chi connectivity index (χ1) is 20.3. The van der Waals surface area contributed by atoms with Crippen LogP contribution in [-0.2, 0) is 21.7 Å². The van der Waals surface area contributed by atoms with Crippen LogP contribution < -0.4 is 9.05 Å². The monoisotopic (exact) mass is 640 g/mol. The zero-order valence-electron chi connectivity index (χ0n) is 30.9. The molecule has 1 aliphatic rings. The van der Waals surface area contributed by atoms with Gasteiger partial charge in [0.15, 0.2) is 0 Å². The summed E-state index contributed by atoms with van der Waals surface area (Å²) in [6, 6.07) is 9.85. The lowest BCUT2D eigenvalue weighted by Gasteiger charge is -2.37. The Morgan fingerprint density at radius 3 is 1.39 bits per heavy atom. The summed E-state index contributed by atoms with van der Waals surface area (Å²) < 4.78 is 14.4. The first-order valence-corrected chi connectivity index (χ1v) is 20.2. The topological polar surface area (TPSA) is 18.5 Å². The van der Waals surface area contributed by atoms with Crippen LogP contribution in [0.3, 0.4) is 0 Å². The predicted molar refractivity (Wildman–Crippen MR) is 198 cm³/mol. The van der Waals surface area contributed by atoms with Gasteiger partial charge in [-0.1, -0.05) is 160 Å². The summed E-state index contributed by atoms with van der Waals surface area (Å²) in [4.78, 5) is 0. The molecule has 0 radical (unpaired) electrons. The summed E-state index contributed by atoms with van der Waals surface area (Å²) in [5, 5.41) is 0. The zero-order valence-corrected chi connectivity index (χ0v) is 32.6. The Kier molecular flexibility index (Phi) is 12.5. The minimum atomic E-state index is -1.23. The number of fused-ring (bicyclic) bond motifs is 2. The third-order valence-electron chi connectivity index (χ3n) is 8.94. The summed E-state index contributed by atoms with van der Waals surface area (Å²) in [6.07, 6.45) is 9.96. The van der Waals surface area contributed by atoms with E-state index in [1.54, 1.807) is 0 Å². The summed E-state index contributed by atoms with van der Waals surface area (Å²) in [6.45, 7) is 32.7. The molecule has 0 fully saturated rings. The number of hydrogen-bond donors (Lipinski definition) is 0. The van der Waals surface area contributed by atoms with E-state index < -0.39 is 7.58 Å². The molecule has 0 saturated heterocycles. The first kappa shape index (κ1) is 37.3. The molecule has 248 valence electrons. The van der Waals surface area contributed by atoms with Gasteiger partial charge in [-0.3, -0.25) is 0 Å². The molecule has 0 aliphatic carbocycles. The van der Waals surface area contributed by atoms with Gasteiger partial charge >= 0.3 is 7.58 Å². The van der Waals surface area contributed by atoms with E-state index in [4.69, 9.17) is 9.05 Å². The smallest absolute Gasteiger partial charge is 0.360 e. The van der Waals surface area contributed by atoms with Crippen molar-refractivity contribution >= 4 is 19.0 Å². The van der Waals surface area contributed by atoms with E-state index in [-0.39, 0.29) is 27.6 Å². The third-order valence-corrected chi connectivity index (χ3v) is 11.9. The van der Waals surface area contributed by atoms with Gasteiger partial charge in [0.05, 0.1) is 0 Å². The zero-order chi connectivity index (χ0) is 33.1. The molecule has 0 N–H and O–H groups in total. The Balaban J connectivity index is 2.32. The summed E-state index contributed by atoms with van der Waals surface area (Å²) >= 11 is 1.90. The molecular formula is C40H65O2PS. The van der Waals surface area contributed by atoms with E-state index in [2.05, 4.69) is 121 Å². The van der Waals surface area contributed by atoms with Crippen LogP contribution in [0.25, 0.3) is 0 Å². The fraction of sp³-hybridized carbons (Fsp3) is 0.700. The average Bonchev–Trinajstić information content (AvgIpc) is 2.88. The summed E-state index contributed by atoms with van der Waals surface area (Å²) in [5.74, 6) is 3.43. The molecule has 0 bridgehead atoms. The Hall–Kier alpha value is -1.18. The molecule has 2 nitrogen and oxygen atoms in total. The van der Waals surface area contributed by atoms with Gasteiger partial charge < -0.3 is 9.05 Å². The second-order valence-electron chi connectivity index (χ2n) is 17.2. The lowest BCUT2D eigenvalue weighted by Crippen LogP contribution is -2.23. The van der Waals surface area contributed by atoms with E-state index in [1.807, 2.05) is 11.4 Å². The standard InChI is InChI=1S/C40H65O2PS/c1-15-17-18-19-20-21-23-44-43-41-35-31(24-28(37(3,4)5)26-33(35)39(9,10)11)30(22-16-2)32-25-29(38(6,7)8)27-34(36(32)42-43)40(12,13)14/h24-27,30H,15-23H2,1-14H3. The van der Waals surface area contributed by atoms with Crippen LogP contribution in [0.5, 0.6) is 11.5 Å². The van der Waals surface area contributed by atoms with Crippen LogP contribution >= 0.6 is 19.0 Å². The fourth-order valence-corrected chi connectivity index (χ4v) is 8.94. The van der Waals surface area contributed by atoms with Gasteiger partial charge in [-0.2, -0.15) is 0 Å². The van der Waals surface area contributed by atoms with Crippen molar-refractivity contribution in [3.8, 4) is 11.5 Å². The Morgan fingerprint density at radius 1 is 0.568 bits per heavy atom. The average molecular weight is 641 g/mol. The van der Waals surface area contributed by atoms with E-state index in [0.717, 1.165) is 30.1 Å². The van der Waals surface area contributed by atoms with Crippen molar-refractivity contribution in [1.82, 2.24) is 0 Å². The van der Waals surface area contributed by atoms with E-state index in [0.29, 0.717) is 0 Å². The number of benzene rings is 2. The molecule has 2 aromatic carbocycles. The molecule has 0 spiro atoms. The van der Waals surface area contributed by atoms with Crippen LogP contribution in [0, 0.1) is 0 Å². The van der Waals surface area contributed by atoms with Gasteiger partial charge in [0.1, 0.15) is 11.5 Å². The lowest BCUT2D eigenvalue weighted by molar-refractivity contribution is 0.447. The fourth-order valence-electron chi connectivity index (χ4n) is 6.01. The van der Waals surface area contributed by atoms with Crippen LogP contribution in [0.2, 0.25) is 0 Å². The SMILES string of the molecule is CCCCCCCCSP1Oc2c(cc(C(C)(C)C)cc2C(C)(C)C)C(CCC)c2cc(C(C)(C)C)cc(C(C)(C)C)c2O1. The van der Waals surface area contributed by atoms with Crippen LogP contribution in [0.1, 0.15) is 188 Å². The largest absolute Gasteiger partial charge is 0.430 e. The highest BCUT2D eigenvalue weighted by Gasteiger charge is 2.38. The molecule has 0 saturated carbocycles. The van der Waals surface area contributed by atoms with Gasteiger partial charge in [0.2, 0.25) is 0 Å². The van der Waals surface area contributed by atoms with E-state index in [9.17, 15) is 0 Å². The molecule has 3 rings (SSSR count). The molecular weight excluding hydrogens is 575 g/mol. The van der Waals surface area contributed by atoms with Crippen molar-refractivity contribution in [2.75, 3.05) is 5.75 Å². The first-order valence-electron chi connectivity index (χ1n) is 17.5. The van der Waals surface area contributed by atoms with Crippen molar-refractivity contribution in [3.63, 3.8) is 0 Å². The maximum atomic E-state index is 7.21. The number of unbranched alkanes of at least 4 members (excludes halogenated alkanes) is 5. The number of hydrogen-bond acceptors (Lipinski definition) is 3. The van der Waals surface area contributed by atoms with Crippen molar-refractivity contribution in [1.29, 1.82) is 0 Å². The Bertz CT molecular complexity index is 1150. The van der Waals surface area contributed by atoms with E-state index >= 15 is 0 Å². The van der Waals surface area contributed by atoms with Crippen molar-refractivity contribution in [2.45, 2.75) is 176 Å². The minimum absolute atomic E-state index is 0.0363.